The second kappa shape index (κ2) is 8.74. The summed E-state index contributed by atoms with van der Waals surface area (Å²) in [6.07, 6.45) is 3.53. The summed E-state index contributed by atoms with van der Waals surface area (Å²) < 4.78 is 1.93. The van der Waals surface area contributed by atoms with E-state index in [0.717, 1.165) is 39.8 Å². The van der Waals surface area contributed by atoms with Crippen LogP contribution in [0.4, 0.5) is 5.82 Å². The summed E-state index contributed by atoms with van der Waals surface area (Å²) in [4.78, 5) is 28.9. The first-order chi connectivity index (χ1) is 15.4. The van der Waals surface area contributed by atoms with Crippen LogP contribution < -0.4 is 5.32 Å². The molecule has 164 valence electrons. The van der Waals surface area contributed by atoms with Gasteiger partial charge in [0.05, 0.1) is 11.7 Å². The number of nitrogens with zero attached hydrogens (tertiary/aromatic N) is 6. The van der Waals surface area contributed by atoms with Gasteiger partial charge in [-0.05, 0) is 45.0 Å². The normalized spacial score (nSPS) is 11.0. The zero-order valence-electron chi connectivity index (χ0n) is 19.0. The number of fused-ring (bicyclic) bond motifs is 1. The third-order valence-corrected chi connectivity index (χ3v) is 5.59. The molecule has 3 heterocycles. The van der Waals surface area contributed by atoms with Gasteiger partial charge in [-0.3, -0.25) is 9.48 Å². The number of pyridine rings is 1. The highest BCUT2D eigenvalue weighted by Crippen LogP contribution is 2.25. The minimum atomic E-state index is -0.157. The molecule has 0 fully saturated rings. The van der Waals surface area contributed by atoms with E-state index in [-0.39, 0.29) is 5.91 Å². The highest BCUT2D eigenvalue weighted by atomic mass is 16.2. The Labute approximate surface area is 187 Å². The molecule has 1 aromatic carbocycles. The zero-order valence-corrected chi connectivity index (χ0v) is 19.0. The van der Waals surface area contributed by atoms with Crippen LogP contribution in [0.1, 0.15) is 34.2 Å². The van der Waals surface area contributed by atoms with Crippen molar-refractivity contribution in [1.29, 1.82) is 0 Å². The Bertz CT molecular complexity index is 1290. The number of rotatable bonds is 6. The van der Waals surface area contributed by atoms with Gasteiger partial charge in [-0.2, -0.15) is 5.10 Å². The van der Waals surface area contributed by atoms with Crippen LogP contribution in [0.5, 0.6) is 0 Å². The van der Waals surface area contributed by atoms with Crippen LogP contribution in [0.25, 0.3) is 22.3 Å². The number of aromatic nitrogens is 5. The molecular weight excluding hydrogens is 402 g/mol. The van der Waals surface area contributed by atoms with Gasteiger partial charge in [-0.15, -0.1) is 0 Å². The SMILES string of the molecule is CCn1ncc(CN(C)C(=O)c2nc(-c3ccnc(NC)c3)nc3ccc(C)cc23)c1C. The molecule has 0 aliphatic rings. The van der Waals surface area contributed by atoms with Crippen molar-refractivity contribution in [3.63, 3.8) is 0 Å². The molecule has 0 aliphatic carbocycles. The van der Waals surface area contributed by atoms with E-state index in [4.69, 9.17) is 9.97 Å². The maximum atomic E-state index is 13.6. The lowest BCUT2D eigenvalue weighted by atomic mass is 10.1. The van der Waals surface area contributed by atoms with Gasteiger partial charge < -0.3 is 10.2 Å². The summed E-state index contributed by atoms with van der Waals surface area (Å²) in [5.41, 5.74) is 5.04. The smallest absolute Gasteiger partial charge is 0.273 e. The van der Waals surface area contributed by atoms with Crippen LogP contribution in [0.3, 0.4) is 0 Å². The maximum absolute atomic E-state index is 13.6. The average Bonchev–Trinajstić information content (AvgIpc) is 3.16. The van der Waals surface area contributed by atoms with Gasteiger partial charge in [0.15, 0.2) is 5.82 Å². The molecule has 0 unspecified atom stereocenters. The molecule has 0 radical (unpaired) electrons. The van der Waals surface area contributed by atoms with Crippen LogP contribution in [0, 0.1) is 13.8 Å². The van der Waals surface area contributed by atoms with E-state index in [1.54, 1.807) is 18.1 Å². The standard InChI is InChI=1S/C24H27N7O/c1-6-31-16(3)18(13-27-31)14-30(5)24(32)22-19-11-15(2)7-8-20(19)28-23(29-22)17-9-10-26-21(12-17)25-4/h7-13H,6,14H2,1-5H3,(H,25,26). The number of aryl methyl sites for hydroxylation is 2. The predicted molar refractivity (Wildman–Crippen MR) is 125 cm³/mol. The van der Waals surface area contributed by atoms with E-state index in [1.807, 2.05) is 69.0 Å². The zero-order chi connectivity index (χ0) is 22.8. The van der Waals surface area contributed by atoms with E-state index < -0.39 is 0 Å². The molecule has 0 saturated heterocycles. The van der Waals surface area contributed by atoms with Crippen molar-refractivity contribution in [1.82, 2.24) is 29.6 Å². The summed E-state index contributed by atoms with van der Waals surface area (Å²) in [6, 6.07) is 9.60. The fourth-order valence-electron chi connectivity index (χ4n) is 3.71. The first-order valence-corrected chi connectivity index (χ1v) is 10.6. The number of carbonyl (C=O) groups excluding carboxylic acids is 1. The molecule has 4 aromatic rings. The maximum Gasteiger partial charge on any atom is 0.273 e. The molecule has 8 nitrogen and oxygen atoms in total. The van der Waals surface area contributed by atoms with Crippen molar-refractivity contribution < 1.29 is 4.79 Å². The van der Waals surface area contributed by atoms with Gasteiger partial charge in [0.1, 0.15) is 11.5 Å². The number of benzene rings is 1. The molecule has 0 aliphatic heterocycles. The minimum Gasteiger partial charge on any atom is -0.373 e. The summed E-state index contributed by atoms with van der Waals surface area (Å²) in [5.74, 6) is 1.05. The van der Waals surface area contributed by atoms with Crippen molar-refractivity contribution >= 4 is 22.6 Å². The van der Waals surface area contributed by atoms with Crippen molar-refractivity contribution in [2.24, 2.45) is 0 Å². The van der Waals surface area contributed by atoms with E-state index in [9.17, 15) is 4.79 Å². The first-order valence-electron chi connectivity index (χ1n) is 10.6. The Morgan fingerprint density at radius 3 is 2.69 bits per heavy atom. The Kier molecular flexibility index (Phi) is 5.85. The molecule has 0 spiro atoms. The summed E-state index contributed by atoms with van der Waals surface area (Å²) >= 11 is 0. The number of hydrogen-bond acceptors (Lipinski definition) is 6. The van der Waals surface area contributed by atoms with Crippen molar-refractivity contribution in [2.45, 2.75) is 33.9 Å². The fraction of sp³-hybridized carbons (Fsp3) is 0.292. The van der Waals surface area contributed by atoms with Crippen LogP contribution in [-0.4, -0.2) is 49.6 Å². The van der Waals surface area contributed by atoms with Gasteiger partial charge in [0.25, 0.3) is 5.91 Å². The van der Waals surface area contributed by atoms with Gasteiger partial charge >= 0.3 is 0 Å². The largest absolute Gasteiger partial charge is 0.373 e. The number of carbonyl (C=O) groups is 1. The van der Waals surface area contributed by atoms with Gasteiger partial charge in [0, 0.05) is 55.6 Å². The molecular formula is C24H27N7O. The second-order valence-corrected chi connectivity index (χ2v) is 7.83. The van der Waals surface area contributed by atoms with Gasteiger partial charge in [0.2, 0.25) is 0 Å². The summed E-state index contributed by atoms with van der Waals surface area (Å²) in [6.45, 7) is 7.32. The van der Waals surface area contributed by atoms with Crippen LogP contribution in [0.15, 0.2) is 42.7 Å². The van der Waals surface area contributed by atoms with Crippen molar-refractivity contribution in [3.05, 3.63) is 65.2 Å². The van der Waals surface area contributed by atoms with Crippen LogP contribution in [0.2, 0.25) is 0 Å². The molecule has 1 N–H and O–H groups in total. The van der Waals surface area contributed by atoms with E-state index in [1.165, 1.54) is 0 Å². The minimum absolute atomic E-state index is 0.157. The van der Waals surface area contributed by atoms with Crippen molar-refractivity contribution in [3.8, 4) is 11.4 Å². The van der Waals surface area contributed by atoms with Crippen LogP contribution in [-0.2, 0) is 13.1 Å². The highest BCUT2D eigenvalue weighted by Gasteiger charge is 2.21. The van der Waals surface area contributed by atoms with Gasteiger partial charge in [-0.1, -0.05) is 11.6 Å². The molecule has 0 bridgehead atoms. The third kappa shape index (κ3) is 4.03. The molecule has 8 heteroatoms. The summed E-state index contributed by atoms with van der Waals surface area (Å²) in [7, 11) is 3.60. The molecule has 32 heavy (non-hydrogen) atoms. The average molecular weight is 430 g/mol. The number of anilines is 1. The second-order valence-electron chi connectivity index (χ2n) is 7.83. The van der Waals surface area contributed by atoms with E-state index in [0.29, 0.717) is 23.9 Å². The first kappa shape index (κ1) is 21.4. The molecule has 0 atom stereocenters. The summed E-state index contributed by atoms with van der Waals surface area (Å²) in [5, 5.41) is 8.16. The lowest BCUT2D eigenvalue weighted by Crippen LogP contribution is -2.28. The highest BCUT2D eigenvalue weighted by molar-refractivity contribution is 6.05. The Morgan fingerprint density at radius 2 is 1.97 bits per heavy atom. The Hall–Kier alpha value is -3.81. The molecule has 4 rings (SSSR count). The van der Waals surface area contributed by atoms with E-state index >= 15 is 0 Å². The quantitative estimate of drug-likeness (QED) is 0.501. The number of hydrogen-bond donors (Lipinski definition) is 1. The third-order valence-electron chi connectivity index (χ3n) is 5.59. The van der Waals surface area contributed by atoms with Crippen LogP contribution >= 0.6 is 0 Å². The van der Waals surface area contributed by atoms with Gasteiger partial charge in [-0.25, -0.2) is 15.0 Å². The lowest BCUT2D eigenvalue weighted by molar-refractivity contribution is 0.0781. The molecule has 3 aromatic heterocycles. The number of nitrogens with one attached hydrogen (secondary N) is 1. The molecule has 0 saturated carbocycles. The monoisotopic (exact) mass is 429 g/mol. The Balaban J connectivity index is 1.77. The predicted octanol–water partition coefficient (Wildman–Crippen LogP) is 3.84. The lowest BCUT2D eigenvalue weighted by Gasteiger charge is -2.18. The number of amides is 1. The fourth-order valence-corrected chi connectivity index (χ4v) is 3.71. The van der Waals surface area contributed by atoms with Crippen molar-refractivity contribution in [2.75, 3.05) is 19.4 Å². The topological polar surface area (TPSA) is 88.8 Å². The Morgan fingerprint density at radius 1 is 1.16 bits per heavy atom. The molecule has 1 amide bonds. The van der Waals surface area contributed by atoms with E-state index in [2.05, 4.69) is 15.4 Å².